The van der Waals surface area contributed by atoms with Gasteiger partial charge < -0.3 is 9.47 Å². The molecule has 2 fully saturated rings. The third-order valence-corrected chi connectivity index (χ3v) is 3.27. The molecule has 0 aliphatic carbocycles. The standard InChI is InChI=1S/C11H18N2O4/c1-16-10(14)8-6-12(8)4-3-5-13-7-9(13)11(15)17-2/h8-9H,3-7H2,1-2H3/t8-,9-,12?,13?/m1/s1. The van der Waals surface area contributed by atoms with Crippen LogP contribution in [0.4, 0.5) is 0 Å². The molecule has 2 aliphatic heterocycles. The highest BCUT2D eigenvalue weighted by atomic mass is 16.5. The van der Waals surface area contributed by atoms with Crippen LogP contribution in [-0.2, 0) is 19.1 Å². The Kier molecular flexibility index (Phi) is 3.63. The summed E-state index contributed by atoms with van der Waals surface area (Å²) in [6.07, 6.45) is 0.959. The molecular weight excluding hydrogens is 224 g/mol. The van der Waals surface area contributed by atoms with Crippen LogP contribution in [0.1, 0.15) is 6.42 Å². The Morgan fingerprint density at radius 3 is 1.76 bits per heavy atom. The molecule has 0 aromatic rings. The van der Waals surface area contributed by atoms with Crippen molar-refractivity contribution in [3.63, 3.8) is 0 Å². The average molecular weight is 242 g/mol. The molecule has 0 aromatic heterocycles. The number of carbonyl (C=O) groups excluding carboxylic acids is 2. The van der Waals surface area contributed by atoms with Gasteiger partial charge in [0.15, 0.2) is 0 Å². The fraction of sp³-hybridized carbons (Fsp3) is 0.818. The zero-order chi connectivity index (χ0) is 12.4. The van der Waals surface area contributed by atoms with Gasteiger partial charge in [0, 0.05) is 26.2 Å². The Bertz CT molecular complexity index is 291. The third-order valence-electron chi connectivity index (χ3n) is 3.27. The van der Waals surface area contributed by atoms with Crippen molar-refractivity contribution in [2.75, 3.05) is 40.4 Å². The van der Waals surface area contributed by atoms with Gasteiger partial charge in [-0.05, 0) is 6.42 Å². The zero-order valence-electron chi connectivity index (χ0n) is 10.2. The predicted octanol–water partition coefficient (Wildman–Crippen LogP) is -0.909. The van der Waals surface area contributed by atoms with Crippen molar-refractivity contribution in [3.05, 3.63) is 0 Å². The predicted molar refractivity (Wildman–Crippen MR) is 59.4 cm³/mol. The summed E-state index contributed by atoms with van der Waals surface area (Å²) >= 11 is 0. The van der Waals surface area contributed by atoms with E-state index in [-0.39, 0.29) is 24.0 Å². The maximum absolute atomic E-state index is 11.1. The smallest absolute Gasteiger partial charge is 0.324 e. The van der Waals surface area contributed by atoms with Gasteiger partial charge in [0.25, 0.3) is 0 Å². The maximum atomic E-state index is 11.1. The van der Waals surface area contributed by atoms with Crippen LogP contribution < -0.4 is 0 Å². The Labute approximate surface area is 100 Å². The van der Waals surface area contributed by atoms with Gasteiger partial charge in [0.05, 0.1) is 14.2 Å². The summed E-state index contributed by atoms with van der Waals surface area (Å²) in [5.41, 5.74) is 0. The number of hydrogen-bond acceptors (Lipinski definition) is 6. The van der Waals surface area contributed by atoms with E-state index >= 15 is 0 Å². The number of carbonyl (C=O) groups is 2. The first-order valence-electron chi connectivity index (χ1n) is 5.81. The van der Waals surface area contributed by atoms with E-state index in [4.69, 9.17) is 0 Å². The Morgan fingerprint density at radius 1 is 1.00 bits per heavy atom. The second-order valence-corrected chi connectivity index (χ2v) is 4.42. The minimum atomic E-state index is -0.149. The second kappa shape index (κ2) is 5.01. The van der Waals surface area contributed by atoms with Crippen molar-refractivity contribution < 1.29 is 19.1 Å². The van der Waals surface area contributed by atoms with Gasteiger partial charge in [0.1, 0.15) is 12.1 Å². The van der Waals surface area contributed by atoms with Crippen LogP contribution in [0, 0.1) is 0 Å². The molecule has 0 N–H and O–H groups in total. The molecule has 2 heterocycles. The summed E-state index contributed by atoms with van der Waals surface area (Å²) in [5.74, 6) is -0.298. The monoisotopic (exact) mass is 242 g/mol. The van der Waals surface area contributed by atoms with Gasteiger partial charge >= 0.3 is 11.9 Å². The Balaban J connectivity index is 1.54. The minimum absolute atomic E-state index is 0.0365. The van der Waals surface area contributed by atoms with Gasteiger partial charge in [-0.3, -0.25) is 19.4 Å². The van der Waals surface area contributed by atoms with Crippen molar-refractivity contribution in [3.8, 4) is 0 Å². The highest BCUT2D eigenvalue weighted by molar-refractivity contribution is 5.79. The molecule has 0 saturated carbocycles. The van der Waals surface area contributed by atoms with E-state index in [1.807, 2.05) is 0 Å². The van der Waals surface area contributed by atoms with Crippen LogP contribution in [0.5, 0.6) is 0 Å². The number of rotatable bonds is 6. The molecule has 0 aromatic carbocycles. The van der Waals surface area contributed by atoms with Crippen LogP contribution in [0.25, 0.3) is 0 Å². The van der Waals surface area contributed by atoms with Crippen molar-refractivity contribution in [1.82, 2.24) is 9.80 Å². The largest absolute Gasteiger partial charge is 0.468 e. The maximum Gasteiger partial charge on any atom is 0.324 e. The molecule has 17 heavy (non-hydrogen) atoms. The Hall–Kier alpha value is -1.14. The molecule has 2 aliphatic rings. The summed E-state index contributed by atoms with van der Waals surface area (Å²) in [5, 5.41) is 0. The molecule has 0 spiro atoms. The topological polar surface area (TPSA) is 58.6 Å². The lowest BCUT2D eigenvalue weighted by molar-refractivity contribution is -0.141. The molecule has 2 unspecified atom stereocenters. The molecule has 4 atom stereocenters. The van der Waals surface area contributed by atoms with Gasteiger partial charge in [-0.2, -0.15) is 0 Å². The first-order valence-corrected chi connectivity index (χ1v) is 5.81. The molecule has 2 saturated heterocycles. The van der Waals surface area contributed by atoms with Crippen molar-refractivity contribution >= 4 is 11.9 Å². The van der Waals surface area contributed by atoms with Gasteiger partial charge in [-0.15, -0.1) is 0 Å². The number of nitrogens with zero attached hydrogens (tertiary/aromatic N) is 2. The SMILES string of the molecule is COC(=O)[C@H]1CN1CCCN1C[C@@H]1C(=O)OC. The normalized spacial score (nSPS) is 34.0. The summed E-state index contributed by atoms with van der Waals surface area (Å²) in [6.45, 7) is 3.36. The minimum Gasteiger partial charge on any atom is -0.468 e. The molecule has 0 radical (unpaired) electrons. The van der Waals surface area contributed by atoms with Gasteiger partial charge in [0.2, 0.25) is 0 Å². The van der Waals surface area contributed by atoms with Crippen LogP contribution in [0.2, 0.25) is 0 Å². The summed E-state index contributed by atoms with van der Waals surface area (Å²) < 4.78 is 9.31. The van der Waals surface area contributed by atoms with Crippen molar-refractivity contribution in [2.24, 2.45) is 0 Å². The van der Waals surface area contributed by atoms with Gasteiger partial charge in [-0.1, -0.05) is 0 Å². The lowest BCUT2D eigenvalue weighted by atomic mass is 10.4. The highest BCUT2D eigenvalue weighted by Crippen LogP contribution is 2.21. The van der Waals surface area contributed by atoms with Crippen LogP contribution >= 0.6 is 0 Å². The number of ether oxygens (including phenoxy) is 2. The van der Waals surface area contributed by atoms with E-state index in [1.165, 1.54) is 14.2 Å². The first kappa shape index (κ1) is 12.3. The van der Waals surface area contributed by atoms with E-state index in [2.05, 4.69) is 19.3 Å². The molecule has 6 nitrogen and oxygen atoms in total. The lowest BCUT2D eigenvalue weighted by Crippen LogP contribution is -2.19. The van der Waals surface area contributed by atoms with E-state index in [1.54, 1.807) is 0 Å². The molecular formula is C11H18N2O4. The molecule has 0 bridgehead atoms. The molecule has 6 heteroatoms. The van der Waals surface area contributed by atoms with Crippen LogP contribution in [0.3, 0.4) is 0 Å². The summed E-state index contributed by atoms with van der Waals surface area (Å²) in [7, 11) is 2.82. The quantitative estimate of drug-likeness (QED) is 0.444. The highest BCUT2D eigenvalue weighted by Gasteiger charge is 2.43. The van der Waals surface area contributed by atoms with E-state index in [0.717, 1.165) is 32.6 Å². The van der Waals surface area contributed by atoms with Gasteiger partial charge in [-0.25, -0.2) is 0 Å². The second-order valence-electron chi connectivity index (χ2n) is 4.42. The van der Waals surface area contributed by atoms with Crippen molar-refractivity contribution in [1.29, 1.82) is 0 Å². The summed E-state index contributed by atoms with van der Waals surface area (Å²) in [4.78, 5) is 26.4. The van der Waals surface area contributed by atoms with Crippen LogP contribution in [-0.4, -0.2) is 74.2 Å². The Morgan fingerprint density at radius 2 is 1.41 bits per heavy atom. The first-order chi connectivity index (χ1) is 8.17. The zero-order valence-corrected chi connectivity index (χ0v) is 10.2. The van der Waals surface area contributed by atoms with E-state index in [0.29, 0.717) is 0 Å². The third kappa shape index (κ3) is 2.95. The number of esters is 2. The fourth-order valence-electron chi connectivity index (χ4n) is 2.04. The van der Waals surface area contributed by atoms with Crippen LogP contribution in [0.15, 0.2) is 0 Å². The van der Waals surface area contributed by atoms with E-state index in [9.17, 15) is 9.59 Å². The lowest BCUT2D eigenvalue weighted by Gasteiger charge is -2.04. The number of methoxy groups -OCH3 is 2. The molecule has 96 valence electrons. The summed E-state index contributed by atoms with van der Waals surface area (Å²) in [6, 6.07) is -0.0729. The molecule has 0 amide bonds. The number of hydrogen-bond donors (Lipinski definition) is 0. The van der Waals surface area contributed by atoms with E-state index < -0.39 is 0 Å². The fourth-order valence-corrected chi connectivity index (χ4v) is 2.04. The van der Waals surface area contributed by atoms with Crippen molar-refractivity contribution in [2.45, 2.75) is 18.5 Å². The average Bonchev–Trinajstić information content (AvgIpc) is 3.22. The molecule has 2 rings (SSSR count).